The molecule has 0 unspecified atom stereocenters. The number of anilines is 1. The fraction of sp³-hybridized carbons (Fsp3) is 0.615. The second-order valence-corrected chi connectivity index (χ2v) is 5.66. The van der Waals surface area contributed by atoms with Gasteiger partial charge in [0.05, 0.1) is 0 Å². The van der Waals surface area contributed by atoms with Gasteiger partial charge in [0.1, 0.15) is 11.6 Å². The summed E-state index contributed by atoms with van der Waals surface area (Å²) in [4.78, 5) is 20.2. The van der Waals surface area contributed by atoms with Gasteiger partial charge < -0.3 is 5.32 Å². The van der Waals surface area contributed by atoms with E-state index in [9.17, 15) is 4.79 Å². The minimum absolute atomic E-state index is 0.00133. The van der Waals surface area contributed by atoms with Gasteiger partial charge in [-0.2, -0.15) is 0 Å². The Morgan fingerprint density at radius 1 is 1.41 bits per heavy atom. The molecular weight excluding hydrogens is 214 g/mol. The summed E-state index contributed by atoms with van der Waals surface area (Å²) in [6.45, 7) is 10.2. The van der Waals surface area contributed by atoms with Gasteiger partial charge in [0.25, 0.3) is 0 Å². The SMILES string of the molecule is CC(C)CC(=O)Nc1ccnc(C(C)(C)C)n1. The van der Waals surface area contributed by atoms with E-state index in [2.05, 4.69) is 15.3 Å². The summed E-state index contributed by atoms with van der Waals surface area (Å²) in [5.74, 6) is 1.66. The summed E-state index contributed by atoms with van der Waals surface area (Å²) >= 11 is 0. The molecule has 0 saturated carbocycles. The molecule has 0 aliphatic heterocycles. The van der Waals surface area contributed by atoms with Crippen LogP contribution < -0.4 is 5.32 Å². The van der Waals surface area contributed by atoms with E-state index < -0.39 is 0 Å². The maximum absolute atomic E-state index is 11.6. The van der Waals surface area contributed by atoms with Crippen molar-refractivity contribution in [3.8, 4) is 0 Å². The molecule has 1 rings (SSSR count). The maximum Gasteiger partial charge on any atom is 0.225 e. The van der Waals surface area contributed by atoms with E-state index in [1.807, 2.05) is 34.6 Å². The van der Waals surface area contributed by atoms with Crippen LogP contribution in [-0.2, 0) is 10.2 Å². The zero-order valence-electron chi connectivity index (χ0n) is 11.2. The van der Waals surface area contributed by atoms with Gasteiger partial charge in [-0.25, -0.2) is 9.97 Å². The first-order chi connectivity index (χ1) is 7.79. The fourth-order valence-corrected chi connectivity index (χ4v) is 1.35. The minimum Gasteiger partial charge on any atom is -0.311 e. The van der Waals surface area contributed by atoms with Crippen LogP contribution in [0, 0.1) is 5.92 Å². The number of amides is 1. The van der Waals surface area contributed by atoms with Gasteiger partial charge in [-0.15, -0.1) is 0 Å². The lowest BCUT2D eigenvalue weighted by Gasteiger charge is -2.17. The first-order valence-electron chi connectivity index (χ1n) is 5.92. The summed E-state index contributed by atoms with van der Waals surface area (Å²) in [6, 6.07) is 1.72. The summed E-state index contributed by atoms with van der Waals surface area (Å²) in [6.07, 6.45) is 2.19. The molecule has 0 radical (unpaired) electrons. The first-order valence-corrected chi connectivity index (χ1v) is 5.92. The van der Waals surface area contributed by atoms with Crippen molar-refractivity contribution in [3.63, 3.8) is 0 Å². The summed E-state index contributed by atoms with van der Waals surface area (Å²) in [7, 11) is 0. The molecule has 0 fully saturated rings. The Morgan fingerprint density at radius 2 is 2.06 bits per heavy atom. The number of nitrogens with zero attached hydrogens (tertiary/aromatic N) is 2. The van der Waals surface area contributed by atoms with E-state index in [4.69, 9.17) is 0 Å². The average molecular weight is 235 g/mol. The Morgan fingerprint density at radius 3 is 2.59 bits per heavy atom. The highest BCUT2D eigenvalue weighted by Crippen LogP contribution is 2.18. The van der Waals surface area contributed by atoms with Crippen LogP contribution in [0.1, 0.15) is 46.9 Å². The Hall–Kier alpha value is -1.45. The molecule has 17 heavy (non-hydrogen) atoms. The lowest BCUT2D eigenvalue weighted by molar-refractivity contribution is -0.116. The molecular formula is C13H21N3O. The predicted molar refractivity (Wildman–Crippen MR) is 68.8 cm³/mol. The number of nitrogens with one attached hydrogen (secondary N) is 1. The number of carbonyl (C=O) groups excluding carboxylic acids is 1. The van der Waals surface area contributed by atoms with Crippen LogP contribution in [0.4, 0.5) is 5.82 Å². The molecule has 0 saturated heterocycles. The van der Waals surface area contributed by atoms with Gasteiger partial charge in [0.15, 0.2) is 0 Å². The standard InChI is InChI=1S/C13H21N3O/c1-9(2)8-11(17)15-10-6-7-14-12(16-10)13(3,4)5/h6-7,9H,8H2,1-5H3,(H,14,15,16,17). The molecule has 0 aliphatic carbocycles. The fourth-order valence-electron chi connectivity index (χ4n) is 1.35. The third-order valence-electron chi connectivity index (χ3n) is 2.19. The lowest BCUT2D eigenvalue weighted by atomic mass is 9.96. The number of carbonyl (C=O) groups is 1. The molecule has 1 aromatic heterocycles. The van der Waals surface area contributed by atoms with Crippen LogP contribution >= 0.6 is 0 Å². The lowest BCUT2D eigenvalue weighted by Crippen LogP contribution is -2.19. The van der Waals surface area contributed by atoms with Crippen molar-refractivity contribution in [1.29, 1.82) is 0 Å². The largest absolute Gasteiger partial charge is 0.311 e. The Kier molecular flexibility index (Phi) is 4.21. The van der Waals surface area contributed by atoms with Crippen molar-refractivity contribution in [2.24, 2.45) is 5.92 Å². The molecule has 4 heteroatoms. The average Bonchev–Trinajstić information content (AvgIpc) is 2.15. The highest BCUT2D eigenvalue weighted by molar-refractivity contribution is 5.89. The topological polar surface area (TPSA) is 54.9 Å². The minimum atomic E-state index is -0.112. The van der Waals surface area contributed by atoms with E-state index in [1.54, 1.807) is 12.3 Å². The molecule has 1 heterocycles. The number of aromatic nitrogens is 2. The van der Waals surface area contributed by atoms with E-state index in [1.165, 1.54) is 0 Å². The van der Waals surface area contributed by atoms with E-state index in [-0.39, 0.29) is 11.3 Å². The van der Waals surface area contributed by atoms with Crippen molar-refractivity contribution in [1.82, 2.24) is 9.97 Å². The monoisotopic (exact) mass is 235 g/mol. The van der Waals surface area contributed by atoms with E-state index >= 15 is 0 Å². The Bertz CT molecular complexity index is 394. The molecule has 4 nitrogen and oxygen atoms in total. The summed E-state index contributed by atoms with van der Waals surface area (Å²) in [5, 5.41) is 2.80. The number of hydrogen-bond acceptors (Lipinski definition) is 3. The Labute approximate surface area is 103 Å². The zero-order chi connectivity index (χ0) is 13.1. The molecule has 94 valence electrons. The van der Waals surface area contributed by atoms with Gasteiger partial charge in [-0.05, 0) is 12.0 Å². The molecule has 0 aromatic carbocycles. The normalized spacial score (nSPS) is 11.6. The van der Waals surface area contributed by atoms with Crippen molar-refractivity contribution in [2.45, 2.75) is 46.5 Å². The van der Waals surface area contributed by atoms with Gasteiger partial charge in [0.2, 0.25) is 5.91 Å². The molecule has 0 aliphatic rings. The summed E-state index contributed by atoms with van der Waals surface area (Å²) in [5.41, 5.74) is -0.112. The van der Waals surface area contributed by atoms with Crippen LogP contribution in [0.5, 0.6) is 0 Å². The van der Waals surface area contributed by atoms with Gasteiger partial charge >= 0.3 is 0 Å². The first kappa shape index (κ1) is 13.6. The molecule has 1 N–H and O–H groups in total. The van der Waals surface area contributed by atoms with Crippen LogP contribution in [0.3, 0.4) is 0 Å². The van der Waals surface area contributed by atoms with Crippen LogP contribution in [0.15, 0.2) is 12.3 Å². The predicted octanol–water partition coefficient (Wildman–Crippen LogP) is 2.76. The maximum atomic E-state index is 11.6. The second kappa shape index (κ2) is 5.25. The van der Waals surface area contributed by atoms with Crippen molar-refractivity contribution >= 4 is 11.7 Å². The second-order valence-electron chi connectivity index (χ2n) is 5.66. The van der Waals surface area contributed by atoms with Gasteiger partial charge in [-0.3, -0.25) is 4.79 Å². The molecule has 0 spiro atoms. The van der Waals surface area contributed by atoms with Crippen LogP contribution in [0.25, 0.3) is 0 Å². The highest BCUT2D eigenvalue weighted by Gasteiger charge is 2.17. The van der Waals surface area contributed by atoms with Gasteiger partial charge in [-0.1, -0.05) is 34.6 Å². The van der Waals surface area contributed by atoms with Crippen LogP contribution in [0.2, 0.25) is 0 Å². The van der Waals surface area contributed by atoms with Gasteiger partial charge in [0, 0.05) is 18.0 Å². The molecule has 0 bridgehead atoms. The Balaban J connectivity index is 2.76. The summed E-state index contributed by atoms with van der Waals surface area (Å²) < 4.78 is 0. The zero-order valence-corrected chi connectivity index (χ0v) is 11.2. The van der Waals surface area contributed by atoms with Crippen molar-refractivity contribution < 1.29 is 4.79 Å². The third-order valence-corrected chi connectivity index (χ3v) is 2.19. The molecule has 1 amide bonds. The smallest absolute Gasteiger partial charge is 0.225 e. The van der Waals surface area contributed by atoms with Crippen molar-refractivity contribution in [2.75, 3.05) is 5.32 Å². The quantitative estimate of drug-likeness (QED) is 0.876. The number of rotatable bonds is 3. The molecule has 0 atom stereocenters. The van der Waals surface area contributed by atoms with E-state index in [0.717, 1.165) is 5.82 Å². The highest BCUT2D eigenvalue weighted by atomic mass is 16.1. The van der Waals surface area contributed by atoms with Crippen molar-refractivity contribution in [3.05, 3.63) is 18.1 Å². The van der Waals surface area contributed by atoms with E-state index in [0.29, 0.717) is 18.2 Å². The molecule has 1 aromatic rings. The number of hydrogen-bond donors (Lipinski definition) is 1. The van der Waals surface area contributed by atoms with Crippen LogP contribution in [-0.4, -0.2) is 15.9 Å². The third kappa shape index (κ3) is 4.51.